The summed E-state index contributed by atoms with van der Waals surface area (Å²) in [5, 5.41) is 17.7. The van der Waals surface area contributed by atoms with Gasteiger partial charge in [-0.05, 0) is 46.8 Å². The average molecular weight is 475 g/mol. The zero-order valence-corrected chi connectivity index (χ0v) is 20.8. The molecule has 0 aliphatic carbocycles. The van der Waals surface area contributed by atoms with Crippen molar-refractivity contribution in [2.75, 3.05) is 66.5 Å². The van der Waals surface area contributed by atoms with Crippen LogP contribution in [0, 0.1) is 0 Å². The fourth-order valence-electron chi connectivity index (χ4n) is 3.65. The Morgan fingerprint density at radius 3 is 2.15 bits per heavy atom. The number of carbonyl (C=O) groups is 4. The van der Waals surface area contributed by atoms with Crippen molar-refractivity contribution in [1.82, 2.24) is 20.0 Å². The minimum absolute atomic E-state index is 0.0840. The Morgan fingerprint density at radius 2 is 1.67 bits per heavy atom. The monoisotopic (exact) mass is 474 g/mol. The summed E-state index contributed by atoms with van der Waals surface area (Å²) in [6.07, 6.45) is 3.22. The maximum atomic E-state index is 12.4. The van der Waals surface area contributed by atoms with Gasteiger partial charge in [-0.2, -0.15) is 0 Å². The van der Waals surface area contributed by atoms with Crippen LogP contribution in [0.5, 0.6) is 0 Å². The molecule has 0 unspecified atom stereocenters. The van der Waals surface area contributed by atoms with Crippen LogP contribution in [0.15, 0.2) is 0 Å². The van der Waals surface area contributed by atoms with Gasteiger partial charge >= 0.3 is 0 Å². The number of carboxylic acids is 2. The van der Waals surface area contributed by atoms with Crippen molar-refractivity contribution in [2.45, 2.75) is 52.1 Å². The highest BCUT2D eigenvalue weighted by Crippen LogP contribution is 2.30. The number of likely N-dealkylation sites (tertiary alicyclic amines) is 1. The van der Waals surface area contributed by atoms with Crippen molar-refractivity contribution in [3.63, 3.8) is 0 Å². The largest absolute Gasteiger partial charge is 0.481 e. The first-order valence-electron chi connectivity index (χ1n) is 11.4. The lowest BCUT2D eigenvalue weighted by Gasteiger charge is -2.42. The van der Waals surface area contributed by atoms with Crippen LogP contribution in [0.25, 0.3) is 0 Å². The van der Waals surface area contributed by atoms with E-state index in [1.807, 2.05) is 11.8 Å². The maximum absolute atomic E-state index is 12.4. The van der Waals surface area contributed by atoms with E-state index in [1.165, 1.54) is 0 Å². The van der Waals surface area contributed by atoms with E-state index in [1.54, 1.807) is 0 Å². The summed E-state index contributed by atoms with van der Waals surface area (Å²) in [5.41, 5.74) is -0.234. The Hall–Kier alpha value is -2.24. The van der Waals surface area contributed by atoms with Gasteiger partial charge in [0.1, 0.15) is 0 Å². The van der Waals surface area contributed by atoms with Gasteiger partial charge in [0.2, 0.25) is 11.8 Å². The molecule has 2 saturated heterocycles. The molecule has 2 rings (SSSR count). The third kappa shape index (κ3) is 15.3. The van der Waals surface area contributed by atoms with Crippen molar-refractivity contribution < 1.29 is 34.1 Å². The summed E-state index contributed by atoms with van der Waals surface area (Å²) in [5.74, 6) is -1.37. The molecule has 0 radical (unpaired) electrons. The smallest absolute Gasteiger partial charge is 0.300 e. The zero-order chi connectivity index (χ0) is 25.4. The Labute approximate surface area is 197 Å². The highest BCUT2D eigenvalue weighted by atomic mass is 16.5. The van der Waals surface area contributed by atoms with Crippen molar-refractivity contribution in [1.29, 1.82) is 0 Å². The lowest BCUT2D eigenvalue weighted by Crippen LogP contribution is -2.53. The van der Waals surface area contributed by atoms with E-state index in [4.69, 9.17) is 24.5 Å². The Balaban J connectivity index is 0.00000111. The van der Waals surface area contributed by atoms with Gasteiger partial charge < -0.3 is 30.1 Å². The van der Waals surface area contributed by atoms with E-state index in [9.17, 15) is 9.59 Å². The van der Waals surface area contributed by atoms with Crippen molar-refractivity contribution in [3.05, 3.63) is 0 Å². The molecule has 0 atom stereocenters. The molecule has 2 aliphatic heterocycles. The molecule has 2 heterocycles. The molecule has 3 N–H and O–H groups in total. The molecule has 0 saturated carbocycles. The molecule has 2 amide bonds. The predicted octanol–water partition coefficient (Wildman–Crippen LogP) is 0.340. The molecule has 0 aromatic carbocycles. The maximum Gasteiger partial charge on any atom is 0.300 e. The van der Waals surface area contributed by atoms with Crippen LogP contribution in [0.1, 0.15) is 46.5 Å². The van der Waals surface area contributed by atoms with Crippen LogP contribution < -0.4 is 5.32 Å². The highest BCUT2D eigenvalue weighted by Gasteiger charge is 2.40. The van der Waals surface area contributed by atoms with E-state index in [0.29, 0.717) is 32.7 Å². The van der Waals surface area contributed by atoms with Crippen molar-refractivity contribution >= 4 is 23.8 Å². The van der Waals surface area contributed by atoms with Gasteiger partial charge in [-0.25, -0.2) is 0 Å². The van der Waals surface area contributed by atoms with E-state index in [0.717, 1.165) is 59.3 Å². The lowest BCUT2D eigenvalue weighted by molar-refractivity contribution is -0.135. The van der Waals surface area contributed by atoms with E-state index in [-0.39, 0.29) is 17.4 Å². The molecule has 33 heavy (non-hydrogen) atoms. The van der Waals surface area contributed by atoms with Crippen LogP contribution >= 0.6 is 0 Å². The van der Waals surface area contributed by atoms with Gasteiger partial charge in [-0.15, -0.1) is 0 Å². The van der Waals surface area contributed by atoms with Gasteiger partial charge in [-0.3, -0.25) is 24.1 Å². The third-order valence-electron chi connectivity index (χ3n) is 5.10. The number of hydrogen-bond acceptors (Lipinski definition) is 7. The SMILES string of the molecule is CC(=O)O.CC(=O)O.CCNC(=O)CN1CCC2(CC1)CN(CCCN(C)C)C(=O)CCO2. The molecule has 0 aromatic rings. The zero-order valence-electron chi connectivity index (χ0n) is 20.8. The third-order valence-corrected chi connectivity index (χ3v) is 5.10. The van der Waals surface area contributed by atoms with Gasteiger partial charge in [0, 0.05) is 46.6 Å². The number of nitrogens with zero attached hydrogens (tertiary/aromatic N) is 3. The summed E-state index contributed by atoms with van der Waals surface area (Å²) < 4.78 is 6.16. The summed E-state index contributed by atoms with van der Waals surface area (Å²) in [4.78, 5) is 48.5. The number of rotatable bonds is 7. The van der Waals surface area contributed by atoms with Gasteiger partial charge in [-0.1, -0.05) is 0 Å². The van der Waals surface area contributed by atoms with Crippen LogP contribution in [-0.4, -0.2) is 121 Å². The lowest BCUT2D eigenvalue weighted by atomic mass is 9.90. The predicted molar refractivity (Wildman–Crippen MR) is 124 cm³/mol. The molecule has 11 nitrogen and oxygen atoms in total. The number of amides is 2. The van der Waals surface area contributed by atoms with Crippen LogP contribution in [0.4, 0.5) is 0 Å². The van der Waals surface area contributed by atoms with Gasteiger partial charge in [0.05, 0.1) is 25.2 Å². The van der Waals surface area contributed by atoms with Gasteiger partial charge in [0.15, 0.2) is 0 Å². The molecule has 2 fully saturated rings. The molecule has 11 heteroatoms. The van der Waals surface area contributed by atoms with Crippen LogP contribution in [-0.2, 0) is 23.9 Å². The summed E-state index contributed by atoms with van der Waals surface area (Å²) >= 11 is 0. The molecular formula is C22H42N4O7. The minimum atomic E-state index is -0.833. The second-order valence-electron chi connectivity index (χ2n) is 8.52. The number of piperidine rings is 1. The first-order valence-corrected chi connectivity index (χ1v) is 11.4. The second-order valence-corrected chi connectivity index (χ2v) is 8.52. The number of nitrogens with one attached hydrogen (secondary N) is 1. The van der Waals surface area contributed by atoms with E-state index >= 15 is 0 Å². The normalized spacial score (nSPS) is 17.9. The first kappa shape index (κ1) is 30.8. The molecule has 2 aliphatic rings. The average Bonchev–Trinajstić information content (AvgIpc) is 2.82. The molecule has 1 spiro atoms. The number of hydrogen-bond donors (Lipinski definition) is 3. The fraction of sp³-hybridized carbons (Fsp3) is 0.818. The summed E-state index contributed by atoms with van der Waals surface area (Å²) in [6, 6.07) is 0. The Morgan fingerprint density at radius 1 is 1.12 bits per heavy atom. The number of aliphatic carboxylic acids is 2. The summed E-state index contributed by atoms with van der Waals surface area (Å²) in [7, 11) is 4.11. The number of carbonyl (C=O) groups excluding carboxylic acids is 2. The number of carboxylic acid groups (broad SMARTS) is 2. The molecule has 0 aromatic heterocycles. The number of ether oxygens (including phenoxy) is 1. The number of likely N-dealkylation sites (N-methyl/N-ethyl adjacent to an activating group) is 1. The van der Waals surface area contributed by atoms with Gasteiger partial charge in [0.25, 0.3) is 11.9 Å². The Bertz CT molecular complexity index is 600. The molecule has 0 bridgehead atoms. The second kappa shape index (κ2) is 16.4. The van der Waals surface area contributed by atoms with Crippen LogP contribution in [0.3, 0.4) is 0 Å². The fourth-order valence-corrected chi connectivity index (χ4v) is 3.65. The first-order chi connectivity index (χ1) is 15.4. The van der Waals surface area contributed by atoms with Crippen molar-refractivity contribution in [2.24, 2.45) is 0 Å². The van der Waals surface area contributed by atoms with E-state index in [2.05, 4.69) is 29.2 Å². The molecular weight excluding hydrogens is 432 g/mol. The standard InChI is InChI=1S/C18H34N4O3.2C2H4O2/c1-4-19-16(23)14-21-11-7-18(8-12-21)15-22(10-5-9-20(2)3)17(24)6-13-25-18;2*1-2(3)4/h4-15H2,1-3H3,(H,19,23);2*1H3,(H,3,4). The quantitative estimate of drug-likeness (QED) is 0.476. The van der Waals surface area contributed by atoms with Crippen LogP contribution in [0.2, 0.25) is 0 Å². The van der Waals surface area contributed by atoms with E-state index < -0.39 is 11.9 Å². The Kier molecular flexibility index (Phi) is 15.3. The topological polar surface area (TPSA) is 140 Å². The molecule has 192 valence electrons. The van der Waals surface area contributed by atoms with Crippen molar-refractivity contribution in [3.8, 4) is 0 Å². The summed E-state index contributed by atoms with van der Waals surface area (Å²) in [6.45, 7) is 9.90. The minimum Gasteiger partial charge on any atom is -0.481 e. The highest BCUT2D eigenvalue weighted by molar-refractivity contribution is 5.78.